The van der Waals surface area contributed by atoms with E-state index in [2.05, 4.69) is 10.2 Å². The molecule has 0 spiro atoms. The number of nitrogens with zero attached hydrogens (tertiary/aromatic N) is 3. The number of likely N-dealkylation sites (N-methyl/N-ethyl adjacent to an activating group) is 1. The van der Waals surface area contributed by atoms with Gasteiger partial charge >= 0.3 is 0 Å². The molecule has 1 atom stereocenters. The van der Waals surface area contributed by atoms with Crippen molar-refractivity contribution in [2.45, 2.75) is 6.04 Å². The zero-order chi connectivity index (χ0) is 14.5. The number of rotatable bonds is 3. The van der Waals surface area contributed by atoms with Crippen molar-refractivity contribution in [1.29, 1.82) is 0 Å². The lowest BCUT2D eigenvalue weighted by Gasteiger charge is -2.37. The molecule has 2 aliphatic rings. The second-order valence-corrected chi connectivity index (χ2v) is 6.62. The van der Waals surface area contributed by atoms with Gasteiger partial charge in [-0.15, -0.1) is 0 Å². The van der Waals surface area contributed by atoms with E-state index in [1.165, 1.54) is 0 Å². The van der Waals surface area contributed by atoms with Gasteiger partial charge in [-0.25, -0.2) is 0 Å². The molecule has 1 N–H and O–H groups in total. The summed E-state index contributed by atoms with van der Waals surface area (Å²) in [5, 5.41) is 3.29. The number of thioether (sulfide) groups is 1. The third-order valence-electron chi connectivity index (χ3n) is 3.76. The van der Waals surface area contributed by atoms with Crippen LogP contribution in [0.25, 0.3) is 0 Å². The summed E-state index contributed by atoms with van der Waals surface area (Å²) in [6.07, 6.45) is 0. The highest BCUT2D eigenvalue weighted by molar-refractivity contribution is 7.99. The Kier molecular flexibility index (Phi) is 5.68. The minimum Gasteiger partial charge on any atom is -0.348 e. The van der Waals surface area contributed by atoms with Gasteiger partial charge in [-0.2, -0.15) is 11.8 Å². The Hall–Kier alpha value is -0.790. The van der Waals surface area contributed by atoms with Gasteiger partial charge in [0.2, 0.25) is 11.8 Å². The molecule has 114 valence electrons. The number of nitrogens with one attached hydrogen (secondary N) is 1. The molecule has 2 aliphatic heterocycles. The highest BCUT2D eigenvalue weighted by atomic mass is 32.2. The van der Waals surface area contributed by atoms with E-state index >= 15 is 0 Å². The van der Waals surface area contributed by atoms with Crippen LogP contribution in [0, 0.1) is 0 Å². The summed E-state index contributed by atoms with van der Waals surface area (Å²) in [7, 11) is 3.54. The summed E-state index contributed by atoms with van der Waals surface area (Å²) in [6, 6.07) is -0.0243. The van der Waals surface area contributed by atoms with E-state index in [4.69, 9.17) is 0 Å². The van der Waals surface area contributed by atoms with Gasteiger partial charge in [0.15, 0.2) is 0 Å². The topological polar surface area (TPSA) is 55.9 Å². The minimum absolute atomic E-state index is 0.0243. The average Bonchev–Trinajstić information content (AvgIpc) is 2.48. The zero-order valence-electron chi connectivity index (χ0n) is 12.3. The quantitative estimate of drug-likeness (QED) is 0.719. The molecule has 0 aromatic rings. The number of carbonyl (C=O) groups is 2. The van der Waals surface area contributed by atoms with E-state index in [1.54, 1.807) is 19.0 Å². The molecule has 2 heterocycles. The maximum Gasteiger partial charge on any atom is 0.240 e. The molecule has 6 nitrogen and oxygen atoms in total. The number of piperazine rings is 1. The number of hydrogen-bond acceptors (Lipinski definition) is 5. The molecule has 2 saturated heterocycles. The third kappa shape index (κ3) is 4.10. The normalized spacial score (nSPS) is 24.5. The SMILES string of the molecule is CN(C)C(=O)CN1CCN(C(=O)C2CSCCN2)CC1. The van der Waals surface area contributed by atoms with Crippen LogP contribution in [0.4, 0.5) is 0 Å². The average molecular weight is 300 g/mol. The Morgan fingerprint density at radius 2 is 1.95 bits per heavy atom. The van der Waals surface area contributed by atoms with E-state index in [0.29, 0.717) is 6.54 Å². The second-order valence-electron chi connectivity index (χ2n) is 5.47. The lowest BCUT2D eigenvalue weighted by molar-refractivity contribution is -0.135. The molecule has 20 heavy (non-hydrogen) atoms. The van der Waals surface area contributed by atoms with Gasteiger partial charge in [0.25, 0.3) is 0 Å². The number of carbonyl (C=O) groups excluding carboxylic acids is 2. The summed E-state index contributed by atoms with van der Waals surface area (Å²) in [4.78, 5) is 29.7. The molecular weight excluding hydrogens is 276 g/mol. The van der Waals surface area contributed by atoms with Crippen LogP contribution in [0.1, 0.15) is 0 Å². The molecule has 7 heteroatoms. The minimum atomic E-state index is -0.0243. The van der Waals surface area contributed by atoms with Crippen LogP contribution in [0.5, 0.6) is 0 Å². The second kappa shape index (κ2) is 7.28. The predicted molar refractivity (Wildman–Crippen MR) is 80.8 cm³/mol. The summed E-state index contributed by atoms with van der Waals surface area (Å²) in [5.74, 6) is 2.30. The highest BCUT2D eigenvalue weighted by Gasteiger charge is 2.28. The Morgan fingerprint density at radius 1 is 1.25 bits per heavy atom. The lowest BCUT2D eigenvalue weighted by atomic mass is 10.2. The van der Waals surface area contributed by atoms with Crippen molar-refractivity contribution in [2.75, 3.05) is 64.9 Å². The van der Waals surface area contributed by atoms with Gasteiger partial charge in [-0.05, 0) is 0 Å². The number of hydrogen-bond donors (Lipinski definition) is 1. The molecule has 0 radical (unpaired) electrons. The largest absolute Gasteiger partial charge is 0.348 e. The van der Waals surface area contributed by atoms with Crippen molar-refractivity contribution in [1.82, 2.24) is 20.0 Å². The van der Waals surface area contributed by atoms with E-state index in [9.17, 15) is 9.59 Å². The van der Waals surface area contributed by atoms with E-state index < -0.39 is 0 Å². The molecule has 0 aliphatic carbocycles. The maximum absolute atomic E-state index is 12.3. The van der Waals surface area contributed by atoms with Crippen molar-refractivity contribution in [2.24, 2.45) is 0 Å². The molecule has 0 bridgehead atoms. The van der Waals surface area contributed by atoms with Crippen molar-refractivity contribution in [3.63, 3.8) is 0 Å². The van der Waals surface area contributed by atoms with Crippen molar-refractivity contribution in [3.05, 3.63) is 0 Å². The van der Waals surface area contributed by atoms with Gasteiger partial charge in [-0.3, -0.25) is 14.5 Å². The smallest absolute Gasteiger partial charge is 0.240 e. The van der Waals surface area contributed by atoms with Crippen LogP contribution in [0.2, 0.25) is 0 Å². The van der Waals surface area contributed by atoms with Crippen LogP contribution < -0.4 is 5.32 Å². The Balaban J connectivity index is 1.76. The first-order valence-corrected chi connectivity index (χ1v) is 8.26. The third-order valence-corrected chi connectivity index (χ3v) is 4.82. The summed E-state index contributed by atoms with van der Waals surface area (Å²) in [5.41, 5.74) is 0. The van der Waals surface area contributed by atoms with Crippen LogP contribution in [-0.2, 0) is 9.59 Å². The molecule has 0 aromatic heterocycles. The first kappa shape index (κ1) is 15.6. The van der Waals surface area contributed by atoms with Crippen LogP contribution in [0.3, 0.4) is 0 Å². The van der Waals surface area contributed by atoms with Crippen molar-refractivity contribution < 1.29 is 9.59 Å². The fourth-order valence-corrected chi connectivity index (χ4v) is 3.33. The maximum atomic E-state index is 12.3. The summed E-state index contributed by atoms with van der Waals surface area (Å²) < 4.78 is 0. The monoisotopic (exact) mass is 300 g/mol. The standard InChI is InChI=1S/C13H24N4O2S/c1-15(2)12(18)9-16-4-6-17(7-5-16)13(19)11-10-20-8-3-14-11/h11,14H,3-10H2,1-2H3. The first-order chi connectivity index (χ1) is 9.58. The highest BCUT2D eigenvalue weighted by Crippen LogP contribution is 2.11. The fourth-order valence-electron chi connectivity index (χ4n) is 2.40. The molecule has 0 saturated carbocycles. The molecule has 0 aromatic carbocycles. The molecule has 2 fully saturated rings. The van der Waals surface area contributed by atoms with Gasteiger partial charge in [0.1, 0.15) is 0 Å². The van der Waals surface area contributed by atoms with E-state index in [0.717, 1.165) is 44.2 Å². The van der Waals surface area contributed by atoms with Gasteiger partial charge in [-0.1, -0.05) is 0 Å². The van der Waals surface area contributed by atoms with Gasteiger partial charge in [0.05, 0.1) is 12.6 Å². The zero-order valence-corrected chi connectivity index (χ0v) is 13.1. The summed E-state index contributed by atoms with van der Waals surface area (Å²) in [6.45, 7) is 4.38. The van der Waals surface area contributed by atoms with Crippen LogP contribution >= 0.6 is 11.8 Å². The molecule has 1 unspecified atom stereocenters. The molecule has 2 rings (SSSR count). The van der Waals surface area contributed by atoms with E-state index in [1.807, 2.05) is 16.7 Å². The fraction of sp³-hybridized carbons (Fsp3) is 0.846. The Morgan fingerprint density at radius 3 is 2.50 bits per heavy atom. The van der Waals surface area contributed by atoms with Crippen LogP contribution in [0.15, 0.2) is 0 Å². The van der Waals surface area contributed by atoms with Gasteiger partial charge < -0.3 is 15.1 Å². The molecular formula is C13H24N4O2S. The predicted octanol–water partition coefficient (Wildman–Crippen LogP) is -1.08. The number of amides is 2. The van der Waals surface area contributed by atoms with Gasteiger partial charge in [0, 0.05) is 58.3 Å². The van der Waals surface area contributed by atoms with Crippen molar-refractivity contribution in [3.8, 4) is 0 Å². The van der Waals surface area contributed by atoms with Crippen molar-refractivity contribution >= 4 is 23.6 Å². The Labute approximate surface area is 124 Å². The molecule has 2 amide bonds. The lowest BCUT2D eigenvalue weighted by Crippen LogP contribution is -2.56. The summed E-state index contributed by atoms with van der Waals surface area (Å²) >= 11 is 1.84. The Bertz CT molecular complexity index is 350. The first-order valence-electron chi connectivity index (χ1n) is 7.10. The van der Waals surface area contributed by atoms with E-state index in [-0.39, 0.29) is 17.9 Å². The van der Waals surface area contributed by atoms with Crippen LogP contribution in [-0.4, -0.2) is 97.4 Å².